The molecule has 7 heteroatoms. The van der Waals surface area contributed by atoms with Crippen LogP contribution in [0.3, 0.4) is 0 Å². The third-order valence-corrected chi connectivity index (χ3v) is 6.50. The Morgan fingerprint density at radius 2 is 1.62 bits per heavy atom. The summed E-state index contributed by atoms with van der Waals surface area (Å²) in [5, 5.41) is 12.4. The van der Waals surface area contributed by atoms with Gasteiger partial charge in [-0.15, -0.1) is 11.3 Å². The van der Waals surface area contributed by atoms with Crippen molar-refractivity contribution in [2.45, 2.75) is 26.2 Å². The second-order valence-corrected chi connectivity index (χ2v) is 8.74. The number of hydrogen-bond acceptors (Lipinski definition) is 4. The zero-order chi connectivity index (χ0) is 22.1. The summed E-state index contributed by atoms with van der Waals surface area (Å²) in [5.41, 5.74) is 6.09. The molecule has 0 bridgehead atoms. The van der Waals surface area contributed by atoms with Crippen molar-refractivity contribution in [3.8, 4) is 5.69 Å². The molecule has 4 aromatic rings. The van der Waals surface area contributed by atoms with E-state index in [9.17, 15) is 9.59 Å². The Hall–Kier alpha value is -3.71. The molecule has 0 unspecified atom stereocenters. The van der Waals surface area contributed by atoms with E-state index >= 15 is 0 Å². The number of anilines is 2. The minimum Gasteiger partial charge on any atom is -0.321 e. The maximum absolute atomic E-state index is 13.1. The molecule has 32 heavy (non-hydrogen) atoms. The maximum atomic E-state index is 13.1. The molecule has 160 valence electrons. The van der Waals surface area contributed by atoms with Gasteiger partial charge in [0.05, 0.1) is 10.6 Å². The highest BCUT2D eigenvalue weighted by Gasteiger charge is 2.27. The SMILES string of the molecule is Cc1ccccc1-n1nc(C(=O)Nc2ccc(NC(=O)c3cccs3)cc2)c2c1CCC2. The number of carbonyl (C=O) groups excluding carboxylic acids is 2. The van der Waals surface area contributed by atoms with Crippen molar-refractivity contribution in [1.82, 2.24) is 9.78 Å². The van der Waals surface area contributed by atoms with Crippen LogP contribution in [0, 0.1) is 6.92 Å². The van der Waals surface area contributed by atoms with E-state index in [1.807, 2.05) is 34.3 Å². The monoisotopic (exact) mass is 442 g/mol. The lowest BCUT2D eigenvalue weighted by Crippen LogP contribution is -2.15. The van der Waals surface area contributed by atoms with Crippen LogP contribution in [0.1, 0.15) is 43.4 Å². The Kier molecular flexibility index (Phi) is 5.33. The molecule has 5 rings (SSSR count). The first-order valence-electron chi connectivity index (χ1n) is 10.5. The lowest BCUT2D eigenvalue weighted by atomic mass is 10.1. The predicted octanol–water partition coefficient (Wildman–Crippen LogP) is 5.24. The molecule has 2 aromatic heterocycles. The number of rotatable bonds is 5. The Morgan fingerprint density at radius 3 is 2.31 bits per heavy atom. The van der Waals surface area contributed by atoms with E-state index < -0.39 is 0 Å². The van der Waals surface area contributed by atoms with Crippen LogP contribution in [0.4, 0.5) is 11.4 Å². The molecule has 2 amide bonds. The molecule has 0 saturated carbocycles. The van der Waals surface area contributed by atoms with Crippen molar-refractivity contribution >= 4 is 34.5 Å². The number of benzene rings is 2. The highest BCUT2D eigenvalue weighted by Crippen LogP contribution is 2.29. The van der Waals surface area contributed by atoms with Gasteiger partial charge in [0.1, 0.15) is 0 Å². The fourth-order valence-electron chi connectivity index (χ4n) is 4.05. The van der Waals surface area contributed by atoms with E-state index in [0.717, 1.165) is 41.8 Å². The van der Waals surface area contributed by atoms with Crippen LogP contribution in [0.25, 0.3) is 5.69 Å². The van der Waals surface area contributed by atoms with E-state index in [1.165, 1.54) is 11.3 Å². The molecule has 0 aliphatic heterocycles. The zero-order valence-electron chi connectivity index (χ0n) is 17.6. The van der Waals surface area contributed by atoms with E-state index in [-0.39, 0.29) is 11.8 Å². The minimum atomic E-state index is -0.217. The summed E-state index contributed by atoms with van der Waals surface area (Å²) in [6, 6.07) is 18.8. The normalized spacial score (nSPS) is 12.4. The molecule has 1 aliphatic rings. The van der Waals surface area contributed by atoms with Gasteiger partial charge in [-0.3, -0.25) is 9.59 Å². The van der Waals surface area contributed by atoms with Gasteiger partial charge in [0, 0.05) is 22.6 Å². The third-order valence-electron chi connectivity index (χ3n) is 5.63. The third kappa shape index (κ3) is 3.83. The number of aryl methyl sites for hydroxylation is 1. The number of hydrogen-bond donors (Lipinski definition) is 2. The van der Waals surface area contributed by atoms with E-state index in [2.05, 4.69) is 23.6 Å². The average molecular weight is 443 g/mol. The lowest BCUT2D eigenvalue weighted by molar-refractivity contribution is 0.101. The summed E-state index contributed by atoms with van der Waals surface area (Å²) in [6.07, 6.45) is 2.80. The van der Waals surface area contributed by atoms with Crippen LogP contribution in [-0.2, 0) is 12.8 Å². The summed E-state index contributed by atoms with van der Waals surface area (Å²) < 4.78 is 1.93. The van der Waals surface area contributed by atoms with Gasteiger partial charge in [-0.25, -0.2) is 4.68 Å². The number of carbonyl (C=O) groups is 2. The summed E-state index contributed by atoms with van der Waals surface area (Å²) in [6.45, 7) is 2.05. The van der Waals surface area contributed by atoms with Crippen LogP contribution < -0.4 is 10.6 Å². The molecule has 0 spiro atoms. The van der Waals surface area contributed by atoms with Crippen molar-refractivity contribution in [3.05, 3.63) is 93.4 Å². The molecule has 0 radical (unpaired) electrons. The summed E-state index contributed by atoms with van der Waals surface area (Å²) in [5.74, 6) is -0.361. The number of amides is 2. The Balaban J connectivity index is 1.34. The predicted molar refractivity (Wildman–Crippen MR) is 127 cm³/mol. The number of fused-ring (bicyclic) bond motifs is 1. The Labute approximate surface area is 189 Å². The van der Waals surface area contributed by atoms with Gasteiger partial charge in [0.25, 0.3) is 11.8 Å². The summed E-state index contributed by atoms with van der Waals surface area (Å²) in [4.78, 5) is 25.9. The van der Waals surface area contributed by atoms with Crippen LogP contribution in [-0.4, -0.2) is 21.6 Å². The van der Waals surface area contributed by atoms with E-state index in [1.54, 1.807) is 30.3 Å². The first-order chi connectivity index (χ1) is 15.6. The number of para-hydroxylation sites is 1. The summed E-state index contributed by atoms with van der Waals surface area (Å²) >= 11 is 1.39. The number of nitrogens with one attached hydrogen (secondary N) is 2. The first-order valence-corrected chi connectivity index (χ1v) is 11.4. The molecule has 6 nitrogen and oxygen atoms in total. The second kappa shape index (κ2) is 8.43. The van der Waals surface area contributed by atoms with Crippen LogP contribution >= 0.6 is 11.3 Å². The highest BCUT2D eigenvalue weighted by atomic mass is 32.1. The molecule has 0 fully saturated rings. The molecule has 1 aliphatic carbocycles. The second-order valence-electron chi connectivity index (χ2n) is 7.79. The van der Waals surface area contributed by atoms with E-state index in [4.69, 9.17) is 5.10 Å². The topological polar surface area (TPSA) is 76.0 Å². The number of nitrogens with zero attached hydrogens (tertiary/aromatic N) is 2. The molecule has 2 N–H and O–H groups in total. The van der Waals surface area contributed by atoms with Crippen LogP contribution in [0.5, 0.6) is 0 Å². The molecular weight excluding hydrogens is 420 g/mol. The Morgan fingerprint density at radius 1 is 0.906 bits per heavy atom. The standard InChI is InChI=1S/C25H22N4O2S/c1-16-6-2-3-8-20(16)29-21-9-4-7-19(21)23(28-29)25(31)27-18-13-11-17(12-14-18)26-24(30)22-10-5-15-32-22/h2-3,5-6,8,10-15H,4,7,9H2,1H3,(H,26,30)(H,27,31). The van der Waals surface area contributed by atoms with Crippen molar-refractivity contribution in [1.29, 1.82) is 0 Å². The van der Waals surface area contributed by atoms with Gasteiger partial charge < -0.3 is 10.6 Å². The van der Waals surface area contributed by atoms with E-state index in [0.29, 0.717) is 21.9 Å². The Bertz CT molecular complexity index is 1290. The highest BCUT2D eigenvalue weighted by molar-refractivity contribution is 7.12. The van der Waals surface area contributed by atoms with Crippen molar-refractivity contribution in [3.63, 3.8) is 0 Å². The van der Waals surface area contributed by atoms with Gasteiger partial charge in [0.2, 0.25) is 0 Å². The zero-order valence-corrected chi connectivity index (χ0v) is 18.4. The molecule has 2 heterocycles. The smallest absolute Gasteiger partial charge is 0.276 e. The molecule has 2 aromatic carbocycles. The molecule has 0 atom stereocenters. The molecule has 0 saturated heterocycles. The van der Waals surface area contributed by atoms with Crippen LogP contribution in [0.2, 0.25) is 0 Å². The van der Waals surface area contributed by atoms with Crippen molar-refractivity contribution in [2.24, 2.45) is 0 Å². The van der Waals surface area contributed by atoms with Gasteiger partial charge >= 0.3 is 0 Å². The average Bonchev–Trinajstić information content (AvgIpc) is 3.54. The quantitative estimate of drug-likeness (QED) is 0.444. The van der Waals surface area contributed by atoms with Crippen molar-refractivity contribution < 1.29 is 9.59 Å². The van der Waals surface area contributed by atoms with Gasteiger partial charge in [0.15, 0.2) is 5.69 Å². The van der Waals surface area contributed by atoms with Gasteiger partial charge in [-0.1, -0.05) is 24.3 Å². The van der Waals surface area contributed by atoms with Gasteiger partial charge in [-0.2, -0.15) is 5.10 Å². The fraction of sp³-hybridized carbons (Fsp3) is 0.160. The lowest BCUT2D eigenvalue weighted by Gasteiger charge is -2.09. The number of thiophene rings is 1. The fourth-order valence-corrected chi connectivity index (χ4v) is 4.67. The number of aromatic nitrogens is 2. The van der Waals surface area contributed by atoms with Crippen molar-refractivity contribution in [2.75, 3.05) is 10.6 Å². The van der Waals surface area contributed by atoms with Gasteiger partial charge in [-0.05, 0) is 73.5 Å². The maximum Gasteiger partial charge on any atom is 0.276 e. The largest absolute Gasteiger partial charge is 0.321 e. The summed E-state index contributed by atoms with van der Waals surface area (Å²) in [7, 11) is 0. The van der Waals surface area contributed by atoms with Crippen LogP contribution in [0.15, 0.2) is 66.0 Å². The first kappa shape index (κ1) is 20.2. The molecular formula is C25H22N4O2S. The minimum absolute atomic E-state index is 0.144.